The molecule has 5 nitrogen and oxygen atoms in total. The average Bonchev–Trinajstić information content (AvgIpc) is 2.44. The fourth-order valence-electron chi connectivity index (χ4n) is 1.57. The Morgan fingerprint density at radius 1 is 1.09 bits per heavy atom. The maximum Gasteiger partial charge on any atom is 0.311 e. The molecule has 0 aliphatic carbocycles. The first-order valence-electron chi connectivity index (χ1n) is 7.30. The summed E-state index contributed by atoms with van der Waals surface area (Å²) < 4.78 is 15.8. The SMILES string of the molecule is COc1ccc(OCC[C@@](C)(O)COC(=O)C(C)(C)C)cc1. The third-order valence-corrected chi connectivity index (χ3v) is 3.10. The van der Waals surface area contributed by atoms with Crippen molar-refractivity contribution in [1.29, 1.82) is 0 Å². The third-order valence-electron chi connectivity index (χ3n) is 3.10. The quantitative estimate of drug-likeness (QED) is 0.785. The van der Waals surface area contributed by atoms with Gasteiger partial charge in [0.05, 0.1) is 24.7 Å². The van der Waals surface area contributed by atoms with Gasteiger partial charge in [-0.25, -0.2) is 0 Å². The molecule has 0 heterocycles. The van der Waals surface area contributed by atoms with E-state index in [0.29, 0.717) is 18.8 Å². The van der Waals surface area contributed by atoms with Crippen molar-refractivity contribution in [1.82, 2.24) is 0 Å². The summed E-state index contributed by atoms with van der Waals surface area (Å²) in [7, 11) is 1.60. The lowest BCUT2D eigenvalue weighted by molar-refractivity contribution is -0.160. The van der Waals surface area contributed by atoms with Crippen LogP contribution < -0.4 is 9.47 Å². The van der Waals surface area contributed by atoms with Crippen LogP contribution in [0.1, 0.15) is 34.1 Å². The second kappa shape index (κ2) is 7.49. The molecule has 0 bridgehead atoms. The molecule has 0 saturated heterocycles. The Hall–Kier alpha value is -1.75. The van der Waals surface area contributed by atoms with Crippen molar-refractivity contribution in [3.05, 3.63) is 24.3 Å². The van der Waals surface area contributed by atoms with Gasteiger partial charge in [-0.05, 0) is 52.0 Å². The maximum absolute atomic E-state index is 11.7. The molecule has 1 N–H and O–H groups in total. The number of methoxy groups -OCH3 is 1. The molecule has 1 aromatic rings. The summed E-state index contributed by atoms with van der Waals surface area (Å²) >= 11 is 0. The predicted molar refractivity (Wildman–Crippen MR) is 84.1 cm³/mol. The van der Waals surface area contributed by atoms with Crippen molar-refractivity contribution in [3.8, 4) is 11.5 Å². The van der Waals surface area contributed by atoms with Crippen LogP contribution in [0, 0.1) is 5.41 Å². The van der Waals surface area contributed by atoms with Crippen LogP contribution in [0.2, 0.25) is 0 Å². The van der Waals surface area contributed by atoms with E-state index in [-0.39, 0.29) is 12.6 Å². The highest BCUT2D eigenvalue weighted by molar-refractivity contribution is 5.75. The summed E-state index contributed by atoms with van der Waals surface area (Å²) in [6.45, 7) is 7.23. The van der Waals surface area contributed by atoms with Gasteiger partial charge < -0.3 is 19.3 Å². The van der Waals surface area contributed by atoms with Gasteiger partial charge in [-0.2, -0.15) is 0 Å². The smallest absolute Gasteiger partial charge is 0.311 e. The fraction of sp³-hybridized carbons (Fsp3) is 0.588. The van der Waals surface area contributed by atoms with Crippen molar-refractivity contribution in [3.63, 3.8) is 0 Å². The largest absolute Gasteiger partial charge is 0.497 e. The zero-order valence-electron chi connectivity index (χ0n) is 14.0. The molecule has 1 rings (SSSR count). The second-order valence-corrected chi connectivity index (χ2v) is 6.60. The van der Waals surface area contributed by atoms with Crippen molar-refractivity contribution < 1.29 is 24.1 Å². The van der Waals surface area contributed by atoms with E-state index in [1.165, 1.54) is 0 Å². The molecule has 124 valence electrons. The summed E-state index contributed by atoms with van der Waals surface area (Å²) in [6, 6.07) is 7.21. The topological polar surface area (TPSA) is 65.0 Å². The van der Waals surface area contributed by atoms with Gasteiger partial charge in [-0.15, -0.1) is 0 Å². The highest BCUT2D eigenvalue weighted by Gasteiger charge is 2.28. The molecular weight excluding hydrogens is 284 g/mol. The molecule has 5 heteroatoms. The molecular formula is C17H26O5. The van der Waals surface area contributed by atoms with Gasteiger partial charge in [-0.3, -0.25) is 4.79 Å². The van der Waals surface area contributed by atoms with Gasteiger partial charge in [-0.1, -0.05) is 0 Å². The van der Waals surface area contributed by atoms with E-state index in [2.05, 4.69) is 0 Å². The van der Waals surface area contributed by atoms with Crippen LogP contribution in [0.3, 0.4) is 0 Å². The molecule has 0 fully saturated rings. The van der Waals surface area contributed by atoms with Crippen molar-refractivity contribution in [2.45, 2.75) is 39.7 Å². The third kappa shape index (κ3) is 6.35. The van der Waals surface area contributed by atoms with Crippen LogP contribution >= 0.6 is 0 Å². The number of esters is 1. The Labute approximate surface area is 132 Å². The lowest BCUT2D eigenvalue weighted by Crippen LogP contribution is -2.36. The highest BCUT2D eigenvalue weighted by Crippen LogP contribution is 2.20. The first kappa shape index (κ1) is 18.3. The fourth-order valence-corrected chi connectivity index (χ4v) is 1.57. The van der Waals surface area contributed by atoms with E-state index in [4.69, 9.17) is 14.2 Å². The van der Waals surface area contributed by atoms with Crippen molar-refractivity contribution in [2.24, 2.45) is 5.41 Å². The Bertz CT molecular complexity index is 471. The van der Waals surface area contributed by atoms with Gasteiger partial charge in [0.15, 0.2) is 0 Å². The molecule has 22 heavy (non-hydrogen) atoms. The summed E-state index contributed by atoms with van der Waals surface area (Å²) in [5, 5.41) is 10.2. The number of aliphatic hydroxyl groups is 1. The zero-order valence-corrected chi connectivity index (χ0v) is 14.0. The van der Waals surface area contributed by atoms with E-state index in [0.717, 1.165) is 5.75 Å². The molecule has 1 atom stereocenters. The Morgan fingerprint density at radius 3 is 2.14 bits per heavy atom. The summed E-state index contributed by atoms with van der Waals surface area (Å²) in [4.78, 5) is 11.7. The minimum Gasteiger partial charge on any atom is -0.497 e. The molecule has 0 saturated carbocycles. The lowest BCUT2D eigenvalue weighted by atomic mass is 9.97. The second-order valence-electron chi connectivity index (χ2n) is 6.60. The Balaban J connectivity index is 2.37. The summed E-state index contributed by atoms with van der Waals surface area (Å²) in [5.74, 6) is 1.13. The number of ether oxygens (including phenoxy) is 3. The van der Waals surface area contributed by atoms with Crippen molar-refractivity contribution in [2.75, 3.05) is 20.3 Å². The number of carbonyl (C=O) groups excluding carboxylic acids is 1. The van der Waals surface area contributed by atoms with Gasteiger partial charge in [0.1, 0.15) is 18.1 Å². The molecule has 1 aromatic carbocycles. The van der Waals surface area contributed by atoms with Crippen LogP contribution in [0.15, 0.2) is 24.3 Å². The van der Waals surface area contributed by atoms with Gasteiger partial charge in [0.25, 0.3) is 0 Å². The monoisotopic (exact) mass is 310 g/mol. The number of benzene rings is 1. The van der Waals surface area contributed by atoms with E-state index in [9.17, 15) is 9.90 Å². The normalized spacial score (nSPS) is 14.1. The van der Waals surface area contributed by atoms with Crippen LogP contribution in [0.5, 0.6) is 11.5 Å². The number of hydrogen-bond donors (Lipinski definition) is 1. The highest BCUT2D eigenvalue weighted by atomic mass is 16.5. The van der Waals surface area contributed by atoms with E-state index < -0.39 is 11.0 Å². The summed E-state index contributed by atoms with van der Waals surface area (Å²) in [5.41, 5.74) is -1.69. The Kier molecular flexibility index (Phi) is 6.23. The molecule has 0 aliphatic rings. The van der Waals surface area contributed by atoms with E-state index in [1.54, 1.807) is 59.1 Å². The molecule has 0 aromatic heterocycles. The average molecular weight is 310 g/mol. The molecule has 0 radical (unpaired) electrons. The van der Waals surface area contributed by atoms with Gasteiger partial charge >= 0.3 is 5.97 Å². The van der Waals surface area contributed by atoms with Crippen LogP contribution in [0.4, 0.5) is 0 Å². The van der Waals surface area contributed by atoms with Gasteiger partial charge in [0, 0.05) is 6.42 Å². The van der Waals surface area contributed by atoms with E-state index >= 15 is 0 Å². The summed E-state index contributed by atoms with van der Waals surface area (Å²) in [6.07, 6.45) is 0.358. The first-order chi connectivity index (χ1) is 10.1. The van der Waals surface area contributed by atoms with E-state index in [1.807, 2.05) is 0 Å². The number of carbonyl (C=O) groups is 1. The minimum absolute atomic E-state index is 0.0466. The standard InChI is InChI=1S/C17H26O5/c1-16(2,3)15(18)22-12-17(4,19)10-11-21-14-8-6-13(20-5)7-9-14/h6-9,19H,10-12H2,1-5H3/t17-/m1/s1. The predicted octanol–water partition coefficient (Wildman–Crippen LogP) is 2.80. The van der Waals surface area contributed by atoms with Crippen LogP contribution in [-0.4, -0.2) is 37.0 Å². The lowest BCUT2D eigenvalue weighted by Gasteiger charge is -2.25. The minimum atomic E-state index is -1.12. The molecule has 0 aliphatic heterocycles. The van der Waals surface area contributed by atoms with Gasteiger partial charge in [0.2, 0.25) is 0 Å². The number of rotatable bonds is 7. The Morgan fingerprint density at radius 2 is 1.64 bits per heavy atom. The van der Waals surface area contributed by atoms with Crippen LogP contribution in [0.25, 0.3) is 0 Å². The number of hydrogen-bond acceptors (Lipinski definition) is 5. The molecule has 0 amide bonds. The van der Waals surface area contributed by atoms with Crippen LogP contribution in [-0.2, 0) is 9.53 Å². The van der Waals surface area contributed by atoms with Crippen molar-refractivity contribution >= 4 is 5.97 Å². The molecule has 0 unspecified atom stereocenters. The maximum atomic E-state index is 11.7. The molecule has 0 spiro atoms. The zero-order chi connectivity index (χ0) is 16.8. The first-order valence-corrected chi connectivity index (χ1v) is 7.30.